The number of carbonyl (C=O) groups is 1. The van der Waals surface area contributed by atoms with Crippen LogP contribution in [0.25, 0.3) is 0 Å². The van der Waals surface area contributed by atoms with Gasteiger partial charge in [0.25, 0.3) is 0 Å². The van der Waals surface area contributed by atoms with Crippen LogP contribution in [-0.2, 0) is 20.7 Å². The summed E-state index contributed by atoms with van der Waals surface area (Å²) in [6.45, 7) is 5.16. The molecule has 2 heterocycles. The van der Waals surface area contributed by atoms with Gasteiger partial charge in [0.2, 0.25) is 0 Å². The molecule has 0 amide bonds. The third-order valence-electron chi connectivity index (χ3n) is 4.21. The van der Waals surface area contributed by atoms with E-state index in [2.05, 4.69) is 28.9 Å². The lowest BCUT2D eigenvalue weighted by atomic mass is 9.86. The Hall–Kier alpha value is -1.14. The lowest BCUT2D eigenvalue weighted by molar-refractivity contribution is -0.139. The molecule has 1 aromatic heterocycles. The van der Waals surface area contributed by atoms with Gasteiger partial charge < -0.3 is 14.8 Å². The minimum Gasteiger partial charge on any atom is -0.469 e. The van der Waals surface area contributed by atoms with Crippen molar-refractivity contribution in [2.45, 2.75) is 57.6 Å². The Balaban J connectivity index is 1.94. The molecule has 1 aliphatic rings. The van der Waals surface area contributed by atoms with Gasteiger partial charge in [-0.05, 0) is 25.7 Å². The van der Waals surface area contributed by atoms with Gasteiger partial charge in [-0.2, -0.15) is 0 Å². The summed E-state index contributed by atoms with van der Waals surface area (Å²) in [5, 5.41) is 6.28. The predicted molar refractivity (Wildman–Crippen MR) is 83.7 cm³/mol. The number of hydrogen-bond acceptors (Lipinski definition) is 6. The molecule has 0 radical (unpaired) electrons. The highest BCUT2D eigenvalue weighted by Crippen LogP contribution is 2.33. The van der Waals surface area contributed by atoms with Crippen LogP contribution < -0.4 is 5.32 Å². The molecule has 1 N–H and O–H groups in total. The van der Waals surface area contributed by atoms with Gasteiger partial charge in [0.1, 0.15) is 0 Å². The van der Waals surface area contributed by atoms with Crippen LogP contribution in [0.4, 0.5) is 5.13 Å². The summed E-state index contributed by atoms with van der Waals surface area (Å²) in [4.78, 5) is 15.7. The van der Waals surface area contributed by atoms with Gasteiger partial charge in [0, 0.05) is 18.0 Å². The minimum absolute atomic E-state index is 0.00201. The molecular weight excluding hydrogens is 288 g/mol. The number of aromatic nitrogens is 1. The van der Waals surface area contributed by atoms with E-state index in [1.165, 1.54) is 7.11 Å². The SMILES string of the molecule is CCC1(CC)CC(Nc2nc(CC(=O)OC)cs2)CCO1. The number of methoxy groups -OCH3 is 1. The maximum Gasteiger partial charge on any atom is 0.311 e. The number of carbonyl (C=O) groups excluding carboxylic acids is 1. The first-order valence-electron chi connectivity index (χ1n) is 7.52. The van der Waals surface area contributed by atoms with Crippen LogP contribution in [0.1, 0.15) is 45.2 Å². The minimum atomic E-state index is -0.256. The molecule has 1 unspecified atom stereocenters. The van der Waals surface area contributed by atoms with Crippen molar-refractivity contribution in [1.29, 1.82) is 0 Å². The van der Waals surface area contributed by atoms with E-state index >= 15 is 0 Å². The molecule has 0 aliphatic carbocycles. The second-order valence-corrected chi connectivity index (χ2v) is 6.33. The molecule has 118 valence electrons. The number of rotatable bonds is 6. The van der Waals surface area contributed by atoms with Crippen molar-refractivity contribution in [2.24, 2.45) is 0 Å². The number of hydrogen-bond donors (Lipinski definition) is 1. The van der Waals surface area contributed by atoms with Crippen molar-refractivity contribution in [3.05, 3.63) is 11.1 Å². The average Bonchev–Trinajstić information content (AvgIpc) is 2.94. The fraction of sp³-hybridized carbons (Fsp3) is 0.733. The average molecular weight is 312 g/mol. The Morgan fingerprint density at radius 1 is 1.57 bits per heavy atom. The largest absolute Gasteiger partial charge is 0.469 e. The summed E-state index contributed by atoms with van der Waals surface area (Å²) in [6, 6.07) is 0.385. The molecule has 21 heavy (non-hydrogen) atoms. The maximum absolute atomic E-state index is 11.2. The quantitative estimate of drug-likeness (QED) is 0.818. The number of nitrogens with one attached hydrogen (secondary N) is 1. The lowest BCUT2D eigenvalue weighted by Crippen LogP contribution is -2.43. The molecule has 2 rings (SSSR count). The van der Waals surface area contributed by atoms with E-state index in [1.54, 1.807) is 11.3 Å². The molecule has 0 bridgehead atoms. The number of anilines is 1. The molecule has 1 saturated heterocycles. The molecule has 0 saturated carbocycles. The molecule has 1 atom stereocenters. The summed E-state index contributed by atoms with van der Waals surface area (Å²) < 4.78 is 10.6. The van der Waals surface area contributed by atoms with Gasteiger partial charge in [-0.15, -0.1) is 11.3 Å². The van der Waals surface area contributed by atoms with Crippen LogP contribution in [0.15, 0.2) is 5.38 Å². The van der Waals surface area contributed by atoms with Crippen LogP contribution in [0.3, 0.4) is 0 Å². The highest BCUT2D eigenvalue weighted by molar-refractivity contribution is 7.13. The van der Waals surface area contributed by atoms with Gasteiger partial charge in [-0.25, -0.2) is 4.98 Å². The first-order chi connectivity index (χ1) is 10.1. The smallest absolute Gasteiger partial charge is 0.311 e. The Morgan fingerprint density at radius 2 is 2.33 bits per heavy atom. The van der Waals surface area contributed by atoms with Crippen LogP contribution in [-0.4, -0.2) is 36.3 Å². The summed E-state index contributed by atoms with van der Waals surface area (Å²) in [5.41, 5.74) is 0.765. The second kappa shape index (κ2) is 7.22. The second-order valence-electron chi connectivity index (χ2n) is 5.47. The van der Waals surface area contributed by atoms with Crippen molar-refractivity contribution in [1.82, 2.24) is 4.98 Å². The zero-order chi connectivity index (χ0) is 15.3. The van der Waals surface area contributed by atoms with Crippen molar-refractivity contribution in [3.8, 4) is 0 Å². The Bertz CT molecular complexity index is 471. The Labute approximate surface area is 130 Å². The van der Waals surface area contributed by atoms with E-state index in [0.29, 0.717) is 6.04 Å². The summed E-state index contributed by atoms with van der Waals surface area (Å²) in [5.74, 6) is -0.256. The molecule has 1 fully saturated rings. The third kappa shape index (κ3) is 4.17. The van der Waals surface area contributed by atoms with E-state index in [1.807, 2.05) is 5.38 Å². The van der Waals surface area contributed by atoms with Crippen LogP contribution in [0.2, 0.25) is 0 Å². The molecular formula is C15H24N2O3S. The fourth-order valence-electron chi connectivity index (χ4n) is 2.74. The van der Waals surface area contributed by atoms with Gasteiger partial charge >= 0.3 is 5.97 Å². The van der Waals surface area contributed by atoms with E-state index in [0.717, 1.165) is 43.1 Å². The van der Waals surface area contributed by atoms with E-state index < -0.39 is 0 Å². The highest BCUT2D eigenvalue weighted by atomic mass is 32.1. The Morgan fingerprint density at radius 3 is 3.00 bits per heavy atom. The summed E-state index contributed by atoms with van der Waals surface area (Å²) in [6.07, 6.45) is 4.30. The van der Waals surface area contributed by atoms with Gasteiger partial charge in [0.15, 0.2) is 5.13 Å². The number of thiazole rings is 1. The Kier molecular flexibility index (Phi) is 5.58. The first kappa shape index (κ1) is 16.2. The van der Waals surface area contributed by atoms with Crippen LogP contribution >= 0.6 is 11.3 Å². The number of nitrogens with zero attached hydrogens (tertiary/aromatic N) is 1. The van der Waals surface area contributed by atoms with E-state index in [-0.39, 0.29) is 18.0 Å². The molecule has 5 nitrogen and oxygen atoms in total. The lowest BCUT2D eigenvalue weighted by Gasteiger charge is -2.40. The van der Waals surface area contributed by atoms with Gasteiger partial charge in [0.05, 0.1) is 24.8 Å². The number of esters is 1. The zero-order valence-electron chi connectivity index (χ0n) is 13.0. The summed E-state index contributed by atoms with van der Waals surface area (Å²) in [7, 11) is 1.39. The van der Waals surface area contributed by atoms with E-state index in [9.17, 15) is 4.79 Å². The van der Waals surface area contributed by atoms with Crippen molar-refractivity contribution in [3.63, 3.8) is 0 Å². The van der Waals surface area contributed by atoms with Crippen LogP contribution in [0.5, 0.6) is 0 Å². The number of ether oxygens (including phenoxy) is 2. The maximum atomic E-state index is 11.2. The molecule has 1 aromatic rings. The highest BCUT2D eigenvalue weighted by Gasteiger charge is 2.34. The fourth-order valence-corrected chi connectivity index (χ4v) is 3.53. The van der Waals surface area contributed by atoms with Gasteiger partial charge in [-0.3, -0.25) is 4.79 Å². The molecule has 0 aromatic carbocycles. The summed E-state index contributed by atoms with van der Waals surface area (Å²) >= 11 is 1.54. The van der Waals surface area contributed by atoms with E-state index in [4.69, 9.17) is 4.74 Å². The zero-order valence-corrected chi connectivity index (χ0v) is 13.8. The topological polar surface area (TPSA) is 60.5 Å². The predicted octanol–water partition coefficient (Wildman–Crippen LogP) is 3.01. The third-order valence-corrected chi connectivity index (χ3v) is 5.04. The molecule has 1 aliphatic heterocycles. The standard InChI is InChI=1S/C15H24N2O3S/c1-4-15(5-2)9-11(6-7-20-15)16-14-17-12(10-21-14)8-13(18)19-3/h10-11H,4-9H2,1-3H3,(H,16,17). The normalized spacial score (nSPS) is 21.0. The monoisotopic (exact) mass is 312 g/mol. The van der Waals surface area contributed by atoms with Crippen LogP contribution in [0, 0.1) is 0 Å². The molecule has 0 spiro atoms. The first-order valence-corrected chi connectivity index (χ1v) is 8.40. The van der Waals surface area contributed by atoms with Crippen molar-refractivity contribution < 1.29 is 14.3 Å². The van der Waals surface area contributed by atoms with Gasteiger partial charge in [-0.1, -0.05) is 13.8 Å². The van der Waals surface area contributed by atoms with Crippen molar-refractivity contribution >= 4 is 22.4 Å². The van der Waals surface area contributed by atoms with Crippen molar-refractivity contribution in [2.75, 3.05) is 19.0 Å². The molecule has 6 heteroatoms.